The number of rotatable bonds is 4. The van der Waals surface area contributed by atoms with E-state index in [1.807, 2.05) is 12.3 Å². The molecule has 3 nitrogen and oxygen atoms in total. The molecule has 3 heteroatoms. The fourth-order valence-electron chi connectivity index (χ4n) is 6.82. The molecule has 0 radical (unpaired) electrons. The highest BCUT2D eigenvalue weighted by atomic mass is 15.1. The van der Waals surface area contributed by atoms with Crippen LogP contribution in [0.4, 0.5) is 0 Å². The van der Waals surface area contributed by atoms with E-state index in [4.69, 9.17) is 4.98 Å². The van der Waals surface area contributed by atoms with Gasteiger partial charge in [0.15, 0.2) is 0 Å². The van der Waals surface area contributed by atoms with Crippen LogP contribution in [0.2, 0.25) is 0 Å². The van der Waals surface area contributed by atoms with Crippen molar-refractivity contribution in [3.05, 3.63) is 164 Å². The van der Waals surface area contributed by atoms with Crippen LogP contribution in [0.3, 0.4) is 0 Å². The molecular weight excluding hydrogens is 534 g/mol. The lowest BCUT2D eigenvalue weighted by Crippen LogP contribution is -1.97. The minimum absolute atomic E-state index is 0.959. The molecule has 0 aliphatic rings. The predicted molar refractivity (Wildman–Crippen MR) is 184 cm³/mol. The van der Waals surface area contributed by atoms with Crippen molar-refractivity contribution in [3.8, 4) is 33.6 Å². The largest absolute Gasteiger partial charge is 0.308 e. The number of para-hydroxylation sites is 2. The smallest absolute Gasteiger partial charge is 0.145 e. The number of nitrogens with zero attached hydrogens (tertiary/aromatic N) is 3. The van der Waals surface area contributed by atoms with Crippen molar-refractivity contribution < 1.29 is 0 Å². The van der Waals surface area contributed by atoms with E-state index in [9.17, 15) is 0 Å². The van der Waals surface area contributed by atoms with E-state index in [0.717, 1.165) is 27.9 Å². The zero-order valence-electron chi connectivity index (χ0n) is 23.9. The number of pyridine rings is 1. The molecule has 0 amide bonds. The number of hydrogen-bond acceptors (Lipinski definition) is 1. The highest BCUT2D eigenvalue weighted by Gasteiger charge is 2.21. The Labute approximate surface area is 254 Å². The highest BCUT2D eigenvalue weighted by Crippen LogP contribution is 2.42. The van der Waals surface area contributed by atoms with Crippen molar-refractivity contribution in [2.75, 3.05) is 0 Å². The molecule has 0 saturated carbocycles. The first-order valence-corrected chi connectivity index (χ1v) is 15.0. The fourth-order valence-corrected chi connectivity index (χ4v) is 6.82. The van der Waals surface area contributed by atoms with E-state index in [1.54, 1.807) is 0 Å². The summed E-state index contributed by atoms with van der Waals surface area (Å²) in [5, 5.41) is 4.82. The standard InChI is InChI=1S/C41H27N3/c1-4-13-28(14-5-1)30-25-31(29-15-6-2-7-16-29)27-33(26-30)43-37-21-11-10-19-34(37)35-22-23-38-39(40(35)43)36-20-12-24-42-41(36)44(38)32-17-8-3-9-18-32/h1-27H. The summed E-state index contributed by atoms with van der Waals surface area (Å²) in [6, 6.07) is 56.5. The minimum atomic E-state index is 0.959. The second-order valence-corrected chi connectivity index (χ2v) is 11.3. The molecule has 206 valence electrons. The molecule has 0 aliphatic carbocycles. The summed E-state index contributed by atoms with van der Waals surface area (Å²) in [5.41, 5.74) is 11.5. The summed E-state index contributed by atoms with van der Waals surface area (Å²) >= 11 is 0. The molecule has 0 bridgehead atoms. The summed E-state index contributed by atoms with van der Waals surface area (Å²) in [5.74, 6) is 0. The van der Waals surface area contributed by atoms with Crippen LogP contribution in [0.25, 0.3) is 77.4 Å². The van der Waals surface area contributed by atoms with Gasteiger partial charge in [0, 0.05) is 39.1 Å². The maximum absolute atomic E-state index is 4.92. The Balaban J connectivity index is 1.46. The zero-order chi connectivity index (χ0) is 29.0. The molecule has 9 rings (SSSR count). The monoisotopic (exact) mass is 561 g/mol. The van der Waals surface area contributed by atoms with Gasteiger partial charge in [-0.15, -0.1) is 0 Å². The topological polar surface area (TPSA) is 22.8 Å². The van der Waals surface area contributed by atoms with Gasteiger partial charge in [-0.25, -0.2) is 4.98 Å². The van der Waals surface area contributed by atoms with Crippen molar-refractivity contribution in [2.45, 2.75) is 0 Å². The van der Waals surface area contributed by atoms with Crippen LogP contribution in [0.5, 0.6) is 0 Å². The Morgan fingerprint density at radius 2 is 1.00 bits per heavy atom. The Bertz CT molecular complexity index is 2410. The average Bonchev–Trinajstić information content (AvgIpc) is 3.62. The van der Waals surface area contributed by atoms with Crippen LogP contribution in [0.15, 0.2) is 164 Å². The highest BCUT2D eigenvalue weighted by molar-refractivity contribution is 6.25. The van der Waals surface area contributed by atoms with Gasteiger partial charge < -0.3 is 4.57 Å². The Morgan fingerprint density at radius 3 is 1.70 bits per heavy atom. The van der Waals surface area contributed by atoms with Gasteiger partial charge in [0.25, 0.3) is 0 Å². The van der Waals surface area contributed by atoms with Crippen molar-refractivity contribution in [3.63, 3.8) is 0 Å². The van der Waals surface area contributed by atoms with Crippen LogP contribution < -0.4 is 0 Å². The van der Waals surface area contributed by atoms with Crippen LogP contribution in [-0.4, -0.2) is 14.1 Å². The second kappa shape index (κ2) is 9.82. The normalized spacial score (nSPS) is 11.6. The molecule has 0 N–H and O–H groups in total. The molecule has 0 fully saturated rings. The third-order valence-corrected chi connectivity index (χ3v) is 8.73. The van der Waals surface area contributed by atoms with Gasteiger partial charge in [-0.3, -0.25) is 4.57 Å². The summed E-state index contributed by atoms with van der Waals surface area (Å²) in [6.45, 7) is 0. The molecule has 3 heterocycles. The predicted octanol–water partition coefficient (Wildman–Crippen LogP) is 10.6. The maximum atomic E-state index is 4.92. The molecular formula is C41H27N3. The third kappa shape index (κ3) is 3.73. The summed E-state index contributed by atoms with van der Waals surface area (Å²) < 4.78 is 4.76. The fraction of sp³-hybridized carbons (Fsp3) is 0. The molecule has 6 aromatic carbocycles. The van der Waals surface area contributed by atoms with Gasteiger partial charge in [0.05, 0.1) is 16.6 Å². The zero-order valence-corrected chi connectivity index (χ0v) is 23.9. The molecule has 0 atom stereocenters. The third-order valence-electron chi connectivity index (χ3n) is 8.73. The summed E-state index contributed by atoms with van der Waals surface area (Å²) in [6.07, 6.45) is 1.89. The van der Waals surface area contributed by atoms with Crippen LogP contribution in [0.1, 0.15) is 0 Å². The summed E-state index contributed by atoms with van der Waals surface area (Å²) in [4.78, 5) is 4.92. The molecule has 3 aromatic heterocycles. The van der Waals surface area contributed by atoms with Crippen molar-refractivity contribution in [2.24, 2.45) is 0 Å². The van der Waals surface area contributed by atoms with E-state index < -0.39 is 0 Å². The average molecular weight is 562 g/mol. The van der Waals surface area contributed by atoms with E-state index in [0.29, 0.717) is 0 Å². The maximum Gasteiger partial charge on any atom is 0.145 e. The number of fused-ring (bicyclic) bond motifs is 7. The second-order valence-electron chi connectivity index (χ2n) is 11.3. The first-order valence-electron chi connectivity index (χ1n) is 15.0. The van der Waals surface area contributed by atoms with E-state index in [1.165, 1.54) is 49.4 Å². The lowest BCUT2D eigenvalue weighted by Gasteiger charge is -2.14. The van der Waals surface area contributed by atoms with Gasteiger partial charge in [0.2, 0.25) is 0 Å². The molecule has 0 saturated heterocycles. The minimum Gasteiger partial charge on any atom is -0.308 e. The van der Waals surface area contributed by atoms with E-state index in [2.05, 4.69) is 161 Å². The molecule has 44 heavy (non-hydrogen) atoms. The number of hydrogen-bond donors (Lipinski definition) is 0. The molecule has 0 aliphatic heterocycles. The van der Waals surface area contributed by atoms with Gasteiger partial charge in [-0.05, 0) is 76.9 Å². The van der Waals surface area contributed by atoms with Gasteiger partial charge >= 0.3 is 0 Å². The SMILES string of the molecule is c1ccc(-c2cc(-c3ccccc3)cc(-n3c4ccccc4c4ccc5c(c6cccnc6n5-c5ccccc5)c43)c2)cc1. The van der Waals surface area contributed by atoms with Crippen LogP contribution >= 0.6 is 0 Å². The van der Waals surface area contributed by atoms with E-state index >= 15 is 0 Å². The van der Waals surface area contributed by atoms with E-state index in [-0.39, 0.29) is 0 Å². The van der Waals surface area contributed by atoms with Gasteiger partial charge in [0.1, 0.15) is 5.65 Å². The Hall–Kier alpha value is -5.93. The van der Waals surface area contributed by atoms with Crippen molar-refractivity contribution in [1.29, 1.82) is 0 Å². The van der Waals surface area contributed by atoms with Crippen LogP contribution in [0, 0.1) is 0 Å². The van der Waals surface area contributed by atoms with Crippen molar-refractivity contribution in [1.82, 2.24) is 14.1 Å². The quantitative estimate of drug-likeness (QED) is 0.210. The first kappa shape index (κ1) is 24.6. The van der Waals surface area contributed by atoms with Gasteiger partial charge in [-0.2, -0.15) is 0 Å². The lowest BCUT2D eigenvalue weighted by atomic mass is 9.98. The molecule has 9 aromatic rings. The molecule has 0 unspecified atom stereocenters. The Morgan fingerprint density at radius 1 is 0.386 bits per heavy atom. The Kier molecular flexibility index (Phi) is 5.50. The summed E-state index contributed by atoms with van der Waals surface area (Å²) in [7, 11) is 0. The lowest BCUT2D eigenvalue weighted by molar-refractivity contribution is 1.14. The van der Waals surface area contributed by atoms with Crippen LogP contribution in [-0.2, 0) is 0 Å². The molecule has 0 spiro atoms. The number of aromatic nitrogens is 3. The van der Waals surface area contributed by atoms with Crippen molar-refractivity contribution >= 4 is 43.7 Å². The first-order chi connectivity index (χ1) is 21.8. The number of benzene rings is 6. The van der Waals surface area contributed by atoms with Gasteiger partial charge in [-0.1, -0.05) is 103 Å².